The molecule has 18 heavy (non-hydrogen) atoms. The first-order chi connectivity index (χ1) is 8.49. The summed E-state index contributed by atoms with van der Waals surface area (Å²) >= 11 is 3.38. The van der Waals surface area contributed by atoms with E-state index in [0.717, 1.165) is 10.0 Å². The summed E-state index contributed by atoms with van der Waals surface area (Å²) < 4.78 is 0.901. The average Bonchev–Trinajstić information content (AvgIpc) is 2.29. The highest BCUT2D eigenvalue weighted by atomic mass is 79.9. The molecule has 0 aliphatic heterocycles. The SMILES string of the molecule is CC(CCC(=O)O)NC(=O)Cc1ccccc1Br. The average molecular weight is 314 g/mol. The quantitative estimate of drug-likeness (QED) is 0.847. The topological polar surface area (TPSA) is 66.4 Å². The first-order valence-electron chi connectivity index (χ1n) is 5.73. The molecule has 1 unspecified atom stereocenters. The molecule has 0 aromatic heterocycles. The Kier molecular flexibility index (Phi) is 5.85. The number of amides is 1. The number of halogens is 1. The Morgan fingerprint density at radius 2 is 2.06 bits per heavy atom. The fraction of sp³-hybridized carbons (Fsp3) is 0.385. The molecule has 0 saturated carbocycles. The molecular formula is C13H16BrNO3. The molecule has 0 bridgehead atoms. The smallest absolute Gasteiger partial charge is 0.303 e. The summed E-state index contributed by atoms with van der Waals surface area (Å²) in [5.74, 6) is -0.943. The van der Waals surface area contributed by atoms with Gasteiger partial charge in [0.25, 0.3) is 0 Å². The summed E-state index contributed by atoms with van der Waals surface area (Å²) in [6.07, 6.45) is 0.798. The molecule has 0 spiro atoms. The van der Waals surface area contributed by atoms with E-state index in [4.69, 9.17) is 5.11 Å². The third-order valence-electron chi connectivity index (χ3n) is 2.51. The van der Waals surface area contributed by atoms with Gasteiger partial charge in [-0.1, -0.05) is 34.1 Å². The fourth-order valence-electron chi connectivity index (χ4n) is 1.55. The largest absolute Gasteiger partial charge is 0.481 e. The molecule has 0 aliphatic carbocycles. The summed E-state index contributed by atoms with van der Waals surface area (Å²) in [4.78, 5) is 22.1. The normalized spacial score (nSPS) is 11.9. The second-order valence-corrected chi connectivity index (χ2v) is 5.02. The molecule has 1 aromatic rings. The van der Waals surface area contributed by atoms with Gasteiger partial charge in [0, 0.05) is 16.9 Å². The van der Waals surface area contributed by atoms with Gasteiger partial charge in [0.15, 0.2) is 0 Å². The predicted molar refractivity (Wildman–Crippen MR) is 72.3 cm³/mol. The summed E-state index contributed by atoms with van der Waals surface area (Å²) in [5, 5.41) is 11.3. The Bertz CT molecular complexity index is 434. The van der Waals surface area contributed by atoms with Crippen LogP contribution >= 0.6 is 15.9 Å². The van der Waals surface area contributed by atoms with Crippen molar-refractivity contribution in [1.29, 1.82) is 0 Å². The van der Waals surface area contributed by atoms with Crippen LogP contribution in [0.5, 0.6) is 0 Å². The molecule has 0 radical (unpaired) electrons. The third kappa shape index (κ3) is 5.31. The van der Waals surface area contributed by atoms with Gasteiger partial charge in [0.05, 0.1) is 6.42 Å². The van der Waals surface area contributed by atoms with Crippen LogP contribution in [-0.4, -0.2) is 23.0 Å². The number of aliphatic carboxylic acids is 1. The number of hydrogen-bond donors (Lipinski definition) is 2. The van der Waals surface area contributed by atoms with Crippen molar-refractivity contribution >= 4 is 27.8 Å². The van der Waals surface area contributed by atoms with E-state index in [1.807, 2.05) is 24.3 Å². The van der Waals surface area contributed by atoms with E-state index in [9.17, 15) is 9.59 Å². The van der Waals surface area contributed by atoms with E-state index >= 15 is 0 Å². The van der Waals surface area contributed by atoms with Crippen LogP contribution in [0.25, 0.3) is 0 Å². The van der Waals surface area contributed by atoms with Gasteiger partial charge < -0.3 is 10.4 Å². The molecule has 2 N–H and O–H groups in total. The van der Waals surface area contributed by atoms with Crippen LogP contribution in [0, 0.1) is 0 Å². The van der Waals surface area contributed by atoms with E-state index in [-0.39, 0.29) is 18.4 Å². The Labute approximate surface area is 115 Å². The minimum atomic E-state index is -0.845. The van der Waals surface area contributed by atoms with Gasteiger partial charge in [-0.3, -0.25) is 9.59 Å². The highest BCUT2D eigenvalue weighted by Gasteiger charge is 2.10. The monoisotopic (exact) mass is 313 g/mol. The lowest BCUT2D eigenvalue weighted by Gasteiger charge is -2.13. The van der Waals surface area contributed by atoms with Crippen molar-refractivity contribution in [3.63, 3.8) is 0 Å². The van der Waals surface area contributed by atoms with Crippen LogP contribution < -0.4 is 5.32 Å². The van der Waals surface area contributed by atoms with Crippen LogP contribution in [0.15, 0.2) is 28.7 Å². The maximum atomic E-state index is 11.7. The van der Waals surface area contributed by atoms with Crippen LogP contribution in [0.2, 0.25) is 0 Å². The molecule has 5 heteroatoms. The zero-order valence-electron chi connectivity index (χ0n) is 10.1. The molecule has 1 rings (SSSR count). The highest BCUT2D eigenvalue weighted by Crippen LogP contribution is 2.16. The van der Waals surface area contributed by atoms with Crippen LogP contribution in [0.1, 0.15) is 25.3 Å². The summed E-state index contributed by atoms with van der Waals surface area (Å²) in [6.45, 7) is 1.81. The van der Waals surface area contributed by atoms with Crippen molar-refractivity contribution in [3.8, 4) is 0 Å². The minimum absolute atomic E-state index is 0.0660. The van der Waals surface area contributed by atoms with Crippen LogP contribution in [-0.2, 0) is 16.0 Å². The maximum Gasteiger partial charge on any atom is 0.303 e. The number of carbonyl (C=O) groups is 2. The molecule has 1 amide bonds. The van der Waals surface area contributed by atoms with E-state index in [1.165, 1.54) is 0 Å². The van der Waals surface area contributed by atoms with Gasteiger partial charge in [0.1, 0.15) is 0 Å². The van der Waals surface area contributed by atoms with E-state index in [0.29, 0.717) is 12.8 Å². The van der Waals surface area contributed by atoms with Gasteiger partial charge in [-0.05, 0) is 25.0 Å². The summed E-state index contributed by atoms with van der Waals surface area (Å²) in [6, 6.07) is 7.40. The van der Waals surface area contributed by atoms with Crippen molar-refractivity contribution in [1.82, 2.24) is 5.32 Å². The van der Waals surface area contributed by atoms with Gasteiger partial charge >= 0.3 is 5.97 Å². The van der Waals surface area contributed by atoms with E-state index < -0.39 is 5.97 Å². The lowest BCUT2D eigenvalue weighted by atomic mass is 10.1. The van der Waals surface area contributed by atoms with Crippen LogP contribution in [0.4, 0.5) is 0 Å². The predicted octanol–water partition coefficient (Wildman–Crippen LogP) is 2.36. The fourth-order valence-corrected chi connectivity index (χ4v) is 1.98. The van der Waals surface area contributed by atoms with E-state index in [2.05, 4.69) is 21.2 Å². The second-order valence-electron chi connectivity index (χ2n) is 4.17. The summed E-state index contributed by atoms with van der Waals surface area (Å²) in [7, 11) is 0. The highest BCUT2D eigenvalue weighted by molar-refractivity contribution is 9.10. The molecule has 1 atom stereocenters. The zero-order valence-corrected chi connectivity index (χ0v) is 11.7. The van der Waals surface area contributed by atoms with Crippen molar-refractivity contribution in [2.24, 2.45) is 0 Å². The Morgan fingerprint density at radius 1 is 1.39 bits per heavy atom. The standard InChI is InChI=1S/C13H16BrNO3/c1-9(6-7-13(17)18)15-12(16)8-10-4-2-3-5-11(10)14/h2-5,9H,6-8H2,1H3,(H,15,16)(H,17,18). The number of benzene rings is 1. The van der Waals surface area contributed by atoms with Gasteiger partial charge in [0.2, 0.25) is 5.91 Å². The molecule has 0 saturated heterocycles. The van der Waals surface area contributed by atoms with Crippen molar-refractivity contribution in [2.75, 3.05) is 0 Å². The second kappa shape index (κ2) is 7.16. The third-order valence-corrected chi connectivity index (χ3v) is 3.28. The Hall–Kier alpha value is -1.36. The molecule has 0 aliphatic rings. The first-order valence-corrected chi connectivity index (χ1v) is 6.53. The Balaban J connectivity index is 2.42. The van der Waals surface area contributed by atoms with Crippen molar-refractivity contribution in [3.05, 3.63) is 34.3 Å². The number of carboxylic acids is 1. The molecule has 98 valence electrons. The minimum Gasteiger partial charge on any atom is -0.481 e. The Morgan fingerprint density at radius 3 is 2.67 bits per heavy atom. The first kappa shape index (κ1) is 14.7. The number of carbonyl (C=O) groups excluding carboxylic acids is 1. The molecule has 4 nitrogen and oxygen atoms in total. The van der Waals surface area contributed by atoms with Gasteiger partial charge in [-0.25, -0.2) is 0 Å². The zero-order chi connectivity index (χ0) is 13.5. The molecule has 0 heterocycles. The molecule has 1 aromatic carbocycles. The van der Waals surface area contributed by atoms with Gasteiger partial charge in [-0.2, -0.15) is 0 Å². The maximum absolute atomic E-state index is 11.7. The lowest BCUT2D eigenvalue weighted by Crippen LogP contribution is -2.34. The number of hydrogen-bond acceptors (Lipinski definition) is 2. The van der Waals surface area contributed by atoms with Crippen molar-refractivity contribution in [2.45, 2.75) is 32.2 Å². The summed E-state index contributed by atoms with van der Waals surface area (Å²) in [5.41, 5.74) is 0.917. The lowest BCUT2D eigenvalue weighted by molar-refractivity contribution is -0.137. The van der Waals surface area contributed by atoms with E-state index in [1.54, 1.807) is 6.92 Å². The number of nitrogens with one attached hydrogen (secondary N) is 1. The van der Waals surface area contributed by atoms with Crippen molar-refractivity contribution < 1.29 is 14.7 Å². The van der Waals surface area contributed by atoms with Crippen LogP contribution in [0.3, 0.4) is 0 Å². The van der Waals surface area contributed by atoms with Gasteiger partial charge in [-0.15, -0.1) is 0 Å². The molecular weight excluding hydrogens is 298 g/mol. The molecule has 0 fully saturated rings. The number of carboxylic acid groups (broad SMARTS) is 1. The number of rotatable bonds is 6.